The van der Waals surface area contributed by atoms with Crippen LogP contribution in [0.4, 0.5) is 11.4 Å². The van der Waals surface area contributed by atoms with Gasteiger partial charge >= 0.3 is 5.97 Å². The average molecular weight is 409 g/mol. The molecule has 1 fully saturated rings. The summed E-state index contributed by atoms with van der Waals surface area (Å²) in [6.07, 6.45) is 3.06. The number of phenols is 1. The van der Waals surface area contributed by atoms with Crippen LogP contribution in [0, 0.1) is 0 Å². The van der Waals surface area contributed by atoms with Crippen molar-refractivity contribution < 1.29 is 19.4 Å². The van der Waals surface area contributed by atoms with Crippen LogP contribution < -0.4 is 10.2 Å². The number of hydrogen-bond acceptors (Lipinski definition) is 6. The van der Waals surface area contributed by atoms with Gasteiger partial charge in [-0.1, -0.05) is 12.1 Å². The Morgan fingerprint density at radius 3 is 2.33 bits per heavy atom. The van der Waals surface area contributed by atoms with Crippen molar-refractivity contribution in [3.8, 4) is 5.75 Å². The Bertz CT molecular complexity index is 870. The number of rotatable bonds is 7. The lowest BCUT2D eigenvalue weighted by molar-refractivity contribution is -0.137. The van der Waals surface area contributed by atoms with Crippen LogP contribution in [-0.4, -0.2) is 61.2 Å². The van der Waals surface area contributed by atoms with Crippen LogP contribution in [0.25, 0.3) is 6.08 Å². The number of nitrogens with zero attached hydrogens (tertiary/aromatic N) is 2. The predicted molar refractivity (Wildman–Crippen MR) is 117 cm³/mol. The number of nitrogens with one attached hydrogen (secondary N) is 1. The standard InChI is InChI=1S/C23H27N3O4/c1-2-30-23(29)12-5-18-3-6-19(7-4-18)24-22(28)17-25-13-15-26(16-14-25)20-8-10-21(27)11-9-20/h3-12,27H,2,13-17H2,1H3,(H,24,28)/b12-5+. The minimum Gasteiger partial charge on any atom is -0.508 e. The second-order valence-corrected chi connectivity index (χ2v) is 7.04. The normalized spacial score (nSPS) is 14.6. The largest absolute Gasteiger partial charge is 0.508 e. The second-order valence-electron chi connectivity index (χ2n) is 7.04. The van der Waals surface area contributed by atoms with Crippen LogP contribution >= 0.6 is 0 Å². The van der Waals surface area contributed by atoms with Crippen molar-refractivity contribution in [2.75, 3.05) is 49.5 Å². The Morgan fingerprint density at radius 2 is 1.70 bits per heavy atom. The summed E-state index contributed by atoms with van der Waals surface area (Å²) in [5, 5.41) is 12.3. The molecule has 0 aliphatic carbocycles. The quantitative estimate of drug-likeness (QED) is 0.541. The summed E-state index contributed by atoms with van der Waals surface area (Å²) in [6.45, 7) is 5.71. The van der Waals surface area contributed by atoms with E-state index in [2.05, 4.69) is 15.1 Å². The first-order valence-electron chi connectivity index (χ1n) is 10.0. The maximum atomic E-state index is 12.4. The lowest BCUT2D eigenvalue weighted by atomic mass is 10.2. The summed E-state index contributed by atoms with van der Waals surface area (Å²) in [5.41, 5.74) is 2.65. The van der Waals surface area contributed by atoms with E-state index in [0.29, 0.717) is 13.2 Å². The topological polar surface area (TPSA) is 82.1 Å². The Kier molecular flexibility index (Phi) is 7.45. The first kappa shape index (κ1) is 21.4. The molecule has 2 aromatic rings. The molecule has 158 valence electrons. The molecule has 0 atom stereocenters. The molecular formula is C23H27N3O4. The minimum atomic E-state index is -0.375. The molecule has 1 amide bonds. The number of anilines is 2. The van der Waals surface area contributed by atoms with Gasteiger partial charge in [0, 0.05) is 43.6 Å². The molecule has 3 rings (SSSR count). The van der Waals surface area contributed by atoms with Gasteiger partial charge in [0.1, 0.15) is 5.75 Å². The molecule has 7 heteroatoms. The summed E-state index contributed by atoms with van der Waals surface area (Å²) in [4.78, 5) is 28.1. The molecule has 2 aromatic carbocycles. The van der Waals surface area contributed by atoms with E-state index in [4.69, 9.17) is 4.74 Å². The first-order valence-corrected chi connectivity index (χ1v) is 10.0. The maximum absolute atomic E-state index is 12.4. The van der Waals surface area contributed by atoms with Gasteiger partial charge in [-0.25, -0.2) is 4.79 Å². The van der Waals surface area contributed by atoms with E-state index in [1.165, 1.54) is 6.08 Å². The summed E-state index contributed by atoms with van der Waals surface area (Å²) in [7, 11) is 0. The van der Waals surface area contributed by atoms with Gasteiger partial charge < -0.3 is 20.1 Å². The van der Waals surface area contributed by atoms with Gasteiger partial charge in [0.2, 0.25) is 5.91 Å². The number of phenolic OH excluding ortho intramolecular Hbond substituents is 1. The molecule has 1 heterocycles. The van der Waals surface area contributed by atoms with E-state index in [0.717, 1.165) is 43.1 Å². The number of hydrogen-bond donors (Lipinski definition) is 2. The number of carbonyl (C=O) groups is 2. The highest BCUT2D eigenvalue weighted by atomic mass is 16.5. The van der Waals surface area contributed by atoms with Gasteiger partial charge in [0.25, 0.3) is 0 Å². The fourth-order valence-electron chi connectivity index (χ4n) is 3.26. The van der Waals surface area contributed by atoms with E-state index >= 15 is 0 Å². The summed E-state index contributed by atoms with van der Waals surface area (Å²) in [5.74, 6) is -0.166. The SMILES string of the molecule is CCOC(=O)/C=C/c1ccc(NC(=O)CN2CCN(c3ccc(O)cc3)CC2)cc1. The molecule has 0 spiro atoms. The molecule has 0 bridgehead atoms. The zero-order chi connectivity index (χ0) is 21.3. The van der Waals surface area contributed by atoms with Crippen molar-refractivity contribution in [3.05, 3.63) is 60.2 Å². The fourth-order valence-corrected chi connectivity index (χ4v) is 3.26. The number of piperazine rings is 1. The molecule has 0 radical (unpaired) electrons. The number of ether oxygens (including phenoxy) is 1. The predicted octanol–water partition coefficient (Wildman–Crippen LogP) is 2.73. The number of esters is 1. The van der Waals surface area contributed by atoms with Crippen LogP contribution in [0.1, 0.15) is 12.5 Å². The lowest BCUT2D eigenvalue weighted by Gasteiger charge is -2.35. The Balaban J connectivity index is 1.43. The van der Waals surface area contributed by atoms with Crippen LogP contribution in [0.2, 0.25) is 0 Å². The van der Waals surface area contributed by atoms with Crippen molar-refractivity contribution in [2.24, 2.45) is 0 Å². The van der Waals surface area contributed by atoms with Crippen LogP contribution in [-0.2, 0) is 14.3 Å². The molecule has 30 heavy (non-hydrogen) atoms. The summed E-state index contributed by atoms with van der Waals surface area (Å²) >= 11 is 0. The third-order valence-electron chi connectivity index (χ3n) is 4.85. The molecule has 2 N–H and O–H groups in total. The minimum absolute atomic E-state index is 0.0529. The first-order chi connectivity index (χ1) is 14.5. The molecule has 1 aliphatic rings. The molecule has 0 aromatic heterocycles. The molecular weight excluding hydrogens is 382 g/mol. The van der Waals surface area contributed by atoms with Gasteiger partial charge in [-0.2, -0.15) is 0 Å². The van der Waals surface area contributed by atoms with Crippen LogP contribution in [0.5, 0.6) is 5.75 Å². The van der Waals surface area contributed by atoms with Crippen molar-refractivity contribution in [2.45, 2.75) is 6.92 Å². The smallest absolute Gasteiger partial charge is 0.330 e. The van der Waals surface area contributed by atoms with Gasteiger partial charge in [-0.15, -0.1) is 0 Å². The average Bonchev–Trinajstić information content (AvgIpc) is 2.75. The van der Waals surface area contributed by atoms with E-state index in [9.17, 15) is 14.7 Å². The molecule has 7 nitrogen and oxygen atoms in total. The third kappa shape index (κ3) is 6.35. The number of benzene rings is 2. The van der Waals surface area contributed by atoms with E-state index in [1.807, 2.05) is 36.4 Å². The highest BCUT2D eigenvalue weighted by molar-refractivity contribution is 5.92. The fraction of sp³-hybridized carbons (Fsp3) is 0.304. The molecule has 0 unspecified atom stereocenters. The third-order valence-corrected chi connectivity index (χ3v) is 4.85. The molecule has 1 saturated heterocycles. The van der Waals surface area contributed by atoms with Gasteiger partial charge in [-0.3, -0.25) is 9.69 Å². The van der Waals surface area contributed by atoms with E-state index in [1.54, 1.807) is 25.1 Å². The maximum Gasteiger partial charge on any atom is 0.330 e. The lowest BCUT2D eigenvalue weighted by Crippen LogP contribution is -2.48. The van der Waals surface area contributed by atoms with Crippen molar-refractivity contribution in [3.63, 3.8) is 0 Å². The summed E-state index contributed by atoms with van der Waals surface area (Å²) < 4.78 is 4.85. The van der Waals surface area contributed by atoms with Gasteiger partial charge in [-0.05, 0) is 55.0 Å². The number of carbonyl (C=O) groups excluding carboxylic acids is 2. The Labute approximate surface area is 176 Å². The van der Waals surface area contributed by atoms with E-state index in [-0.39, 0.29) is 17.6 Å². The van der Waals surface area contributed by atoms with Crippen LogP contribution in [0.3, 0.4) is 0 Å². The van der Waals surface area contributed by atoms with Crippen molar-refractivity contribution >= 4 is 29.3 Å². The highest BCUT2D eigenvalue weighted by Gasteiger charge is 2.19. The van der Waals surface area contributed by atoms with Crippen molar-refractivity contribution in [1.29, 1.82) is 0 Å². The Hall–Kier alpha value is -3.32. The molecule has 0 saturated carbocycles. The second kappa shape index (κ2) is 10.5. The monoisotopic (exact) mass is 409 g/mol. The highest BCUT2D eigenvalue weighted by Crippen LogP contribution is 2.20. The van der Waals surface area contributed by atoms with Crippen molar-refractivity contribution in [1.82, 2.24) is 4.90 Å². The van der Waals surface area contributed by atoms with Gasteiger partial charge in [0.15, 0.2) is 0 Å². The Morgan fingerprint density at radius 1 is 1.03 bits per heavy atom. The zero-order valence-electron chi connectivity index (χ0n) is 17.1. The van der Waals surface area contributed by atoms with Gasteiger partial charge in [0.05, 0.1) is 13.2 Å². The van der Waals surface area contributed by atoms with Crippen LogP contribution in [0.15, 0.2) is 54.6 Å². The zero-order valence-corrected chi connectivity index (χ0v) is 17.1. The number of aromatic hydroxyl groups is 1. The van der Waals surface area contributed by atoms with E-state index < -0.39 is 0 Å². The summed E-state index contributed by atoms with van der Waals surface area (Å²) in [6, 6.07) is 14.5. The number of amides is 1. The molecule has 1 aliphatic heterocycles.